The molecule has 6 heteroatoms. The quantitative estimate of drug-likeness (QED) is 0.603. The van der Waals surface area contributed by atoms with Gasteiger partial charge in [0, 0.05) is 12.6 Å². The fourth-order valence-corrected chi connectivity index (χ4v) is 2.39. The van der Waals surface area contributed by atoms with Crippen LogP contribution in [0, 0.1) is 0 Å². The Morgan fingerprint density at radius 2 is 2.18 bits per heavy atom. The molecule has 0 spiro atoms. The van der Waals surface area contributed by atoms with Crippen LogP contribution in [0.3, 0.4) is 0 Å². The minimum absolute atomic E-state index is 0. The van der Waals surface area contributed by atoms with E-state index in [2.05, 4.69) is 5.32 Å². The molecule has 0 aliphatic carbocycles. The van der Waals surface area contributed by atoms with E-state index in [1.165, 1.54) is 0 Å². The molecule has 1 heterocycles. The number of thiazole rings is 1. The van der Waals surface area contributed by atoms with Gasteiger partial charge in [-0.1, -0.05) is 23.5 Å². The SMILES string of the molecule is O=C(C[n+]1csc2ccccc21)NCCO.[Br-]. The number of nitrogens with one attached hydrogen (secondary N) is 1. The minimum atomic E-state index is -0.0809. The first-order valence-corrected chi connectivity index (χ1v) is 5.92. The van der Waals surface area contributed by atoms with Crippen molar-refractivity contribution in [1.82, 2.24) is 5.32 Å². The molecule has 2 rings (SSSR count). The van der Waals surface area contributed by atoms with Gasteiger partial charge in [-0.3, -0.25) is 4.79 Å². The lowest BCUT2D eigenvalue weighted by Gasteiger charge is -1.98. The second-order valence-corrected chi connectivity index (χ2v) is 4.28. The smallest absolute Gasteiger partial charge is 0.286 e. The van der Waals surface area contributed by atoms with Crippen molar-refractivity contribution >= 4 is 27.5 Å². The third-order valence-corrected chi connectivity index (χ3v) is 3.19. The summed E-state index contributed by atoms with van der Waals surface area (Å²) in [5.41, 5.74) is 3.00. The molecule has 0 fully saturated rings. The van der Waals surface area contributed by atoms with E-state index in [0.717, 1.165) is 10.2 Å². The zero-order valence-electron chi connectivity index (χ0n) is 9.10. The van der Waals surface area contributed by atoms with Gasteiger partial charge in [-0.25, -0.2) is 0 Å². The Morgan fingerprint density at radius 3 is 2.94 bits per heavy atom. The maximum absolute atomic E-state index is 11.5. The van der Waals surface area contributed by atoms with E-state index in [4.69, 9.17) is 5.11 Å². The van der Waals surface area contributed by atoms with Crippen molar-refractivity contribution in [1.29, 1.82) is 0 Å². The lowest BCUT2D eigenvalue weighted by molar-refractivity contribution is -0.654. The first kappa shape index (κ1) is 14.1. The molecule has 0 saturated carbocycles. The Morgan fingerprint density at radius 1 is 1.41 bits per heavy atom. The summed E-state index contributed by atoms with van der Waals surface area (Å²) in [7, 11) is 0. The fourth-order valence-electron chi connectivity index (χ4n) is 1.50. The molecule has 0 radical (unpaired) electrons. The molecule has 4 nitrogen and oxygen atoms in total. The molecule has 0 atom stereocenters. The highest BCUT2D eigenvalue weighted by molar-refractivity contribution is 7.16. The molecule has 2 aromatic rings. The van der Waals surface area contributed by atoms with Gasteiger partial charge in [-0.05, 0) is 6.07 Å². The van der Waals surface area contributed by atoms with Crippen LogP contribution in [0.1, 0.15) is 0 Å². The number of carbonyl (C=O) groups excluding carboxylic acids is 1. The Hall–Kier alpha value is -0.980. The number of rotatable bonds is 4. The number of hydrogen-bond acceptors (Lipinski definition) is 3. The number of para-hydroxylation sites is 1. The highest BCUT2D eigenvalue weighted by atomic mass is 79.9. The van der Waals surface area contributed by atoms with Crippen LogP contribution in [-0.2, 0) is 11.3 Å². The monoisotopic (exact) mass is 316 g/mol. The van der Waals surface area contributed by atoms with Gasteiger partial charge < -0.3 is 27.4 Å². The number of carbonyl (C=O) groups is 1. The van der Waals surface area contributed by atoms with Gasteiger partial charge in [0.2, 0.25) is 17.6 Å². The number of hydrogen-bond donors (Lipinski definition) is 2. The van der Waals surface area contributed by atoms with Crippen molar-refractivity contribution in [3.8, 4) is 0 Å². The first-order valence-electron chi connectivity index (χ1n) is 5.04. The molecule has 2 N–H and O–H groups in total. The van der Waals surface area contributed by atoms with Crippen LogP contribution in [0.25, 0.3) is 10.2 Å². The normalized spacial score (nSPS) is 9.94. The molecule has 0 saturated heterocycles. The summed E-state index contributed by atoms with van der Waals surface area (Å²) in [6.45, 7) is 0.576. The van der Waals surface area contributed by atoms with Gasteiger partial charge in [0.1, 0.15) is 4.70 Å². The standard InChI is InChI=1S/C11H12N2O2S.BrH/c14-6-5-12-11(15)7-13-8-16-10-4-2-1-3-9(10)13;/h1-4,8,14H,5-7H2;1H. The van der Waals surface area contributed by atoms with E-state index < -0.39 is 0 Å². The lowest BCUT2D eigenvalue weighted by atomic mass is 10.3. The largest absolute Gasteiger partial charge is 1.00 e. The van der Waals surface area contributed by atoms with Gasteiger partial charge in [-0.2, -0.15) is 4.57 Å². The predicted molar refractivity (Wildman–Crippen MR) is 62.1 cm³/mol. The zero-order valence-corrected chi connectivity index (χ0v) is 11.5. The summed E-state index contributed by atoms with van der Waals surface area (Å²) >= 11 is 1.61. The summed E-state index contributed by atoms with van der Waals surface area (Å²) in [4.78, 5) is 11.5. The maximum atomic E-state index is 11.5. The third-order valence-electron chi connectivity index (χ3n) is 2.23. The molecule has 0 unspecified atom stereocenters. The predicted octanol–water partition coefficient (Wildman–Crippen LogP) is -2.70. The highest BCUT2D eigenvalue weighted by Gasteiger charge is 2.14. The topological polar surface area (TPSA) is 53.2 Å². The van der Waals surface area contributed by atoms with E-state index in [1.807, 2.05) is 34.3 Å². The number of amides is 1. The number of fused-ring (bicyclic) bond motifs is 1. The summed E-state index contributed by atoms with van der Waals surface area (Å²) in [5.74, 6) is -0.0809. The molecule has 1 amide bonds. The Balaban J connectivity index is 0.00000144. The van der Waals surface area contributed by atoms with Crippen LogP contribution in [0.15, 0.2) is 29.8 Å². The maximum Gasteiger partial charge on any atom is 0.286 e. The molecule has 0 bridgehead atoms. The lowest BCUT2D eigenvalue weighted by Crippen LogP contribution is -3.00. The van der Waals surface area contributed by atoms with Crippen molar-refractivity contribution in [2.24, 2.45) is 0 Å². The second-order valence-electron chi connectivity index (χ2n) is 3.39. The summed E-state index contributed by atoms with van der Waals surface area (Å²) in [5, 5.41) is 11.2. The first-order chi connectivity index (χ1) is 7.81. The van der Waals surface area contributed by atoms with Crippen LogP contribution in [0.2, 0.25) is 0 Å². The molecule has 1 aromatic heterocycles. The molecular weight excluding hydrogens is 304 g/mol. The van der Waals surface area contributed by atoms with Crippen LogP contribution >= 0.6 is 11.3 Å². The van der Waals surface area contributed by atoms with Crippen molar-refractivity contribution in [2.75, 3.05) is 13.2 Å². The van der Waals surface area contributed by atoms with Crippen LogP contribution < -0.4 is 26.9 Å². The Labute approximate surface area is 114 Å². The van der Waals surface area contributed by atoms with Gasteiger partial charge in [0.25, 0.3) is 5.91 Å². The Bertz CT molecular complexity index is 501. The number of halogens is 1. The molecule has 0 aliphatic rings. The Kier molecular flexibility index (Phi) is 5.54. The van der Waals surface area contributed by atoms with E-state index in [0.29, 0.717) is 13.1 Å². The van der Waals surface area contributed by atoms with Crippen molar-refractivity contribution in [2.45, 2.75) is 6.54 Å². The summed E-state index contributed by atoms with van der Waals surface area (Å²) < 4.78 is 3.07. The van der Waals surface area contributed by atoms with Crippen molar-refractivity contribution in [3.63, 3.8) is 0 Å². The molecule has 1 aromatic carbocycles. The number of nitrogens with zero attached hydrogens (tertiary/aromatic N) is 1. The van der Waals surface area contributed by atoms with E-state index >= 15 is 0 Å². The second kappa shape index (κ2) is 6.68. The third kappa shape index (κ3) is 3.49. The highest BCUT2D eigenvalue weighted by Crippen LogP contribution is 2.14. The van der Waals surface area contributed by atoms with Crippen LogP contribution in [-0.4, -0.2) is 24.2 Å². The van der Waals surface area contributed by atoms with Crippen LogP contribution in [0.4, 0.5) is 0 Å². The average Bonchev–Trinajstić information content (AvgIpc) is 2.70. The molecule has 0 aliphatic heterocycles. The number of aliphatic hydroxyl groups excluding tert-OH is 1. The van der Waals surface area contributed by atoms with E-state index in [9.17, 15) is 4.79 Å². The van der Waals surface area contributed by atoms with Gasteiger partial charge in [0.15, 0.2) is 0 Å². The van der Waals surface area contributed by atoms with Crippen molar-refractivity contribution in [3.05, 3.63) is 29.8 Å². The summed E-state index contributed by atoms with van der Waals surface area (Å²) in [6.07, 6.45) is 0. The minimum Gasteiger partial charge on any atom is -1.00 e. The van der Waals surface area contributed by atoms with Crippen molar-refractivity contribution < 1.29 is 31.4 Å². The van der Waals surface area contributed by atoms with E-state index in [-0.39, 0.29) is 29.5 Å². The van der Waals surface area contributed by atoms with Gasteiger partial charge in [-0.15, -0.1) is 0 Å². The molecule has 92 valence electrons. The van der Waals surface area contributed by atoms with Crippen LogP contribution in [0.5, 0.6) is 0 Å². The number of aliphatic hydroxyl groups is 1. The number of aromatic nitrogens is 1. The summed E-state index contributed by atoms with van der Waals surface area (Å²) in [6, 6.07) is 7.96. The molecular formula is C11H13BrN2O2S. The molecule has 17 heavy (non-hydrogen) atoms. The van der Waals surface area contributed by atoms with E-state index in [1.54, 1.807) is 11.3 Å². The average molecular weight is 317 g/mol. The number of benzene rings is 1. The van der Waals surface area contributed by atoms with Gasteiger partial charge in [0.05, 0.1) is 6.61 Å². The zero-order chi connectivity index (χ0) is 11.4. The fraction of sp³-hybridized carbons (Fsp3) is 0.273. The van der Waals surface area contributed by atoms with Gasteiger partial charge >= 0.3 is 0 Å².